The number of hydrogen-bond acceptors (Lipinski definition) is 4. The Balaban J connectivity index is 1.45. The lowest BCUT2D eigenvalue weighted by atomic mass is 9.45. The molecule has 1 aliphatic heterocycles. The zero-order valence-corrected chi connectivity index (χ0v) is 19.7. The Kier molecular flexibility index (Phi) is 5.29. The number of aliphatic hydroxyl groups is 1. The lowest BCUT2D eigenvalue weighted by molar-refractivity contribution is -0.293. The smallest absolute Gasteiger partial charge is 0.161 e. The maximum Gasteiger partial charge on any atom is 0.161 e. The van der Waals surface area contributed by atoms with E-state index in [2.05, 4.69) is 27.7 Å². The largest absolute Gasteiger partial charge is 0.367 e. The molecule has 1 spiro atoms. The summed E-state index contributed by atoms with van der Waals surface area (Å²) in [6, 6.07) is 0. The number of carbonyl (C=O) groups is 2. The highest BCUT2D eigenvalue weighted by molar-refractivity contribution is 5.91. The fourth-order valence-corrected chi connectivity index (χ4v) is 8.83. The monoisotopic (exact) mass is 428 g/mol. The van der Waals surface area contributed by atoms with Crippen LogP contribution in [0.3, 0.4) is 0 Å². The lowest BCUT2D eigenvalue weighted by Crippen LogP contribution is -2.61. The summed E-state index contributed by atoms with van der Waals surface area (Å²) in [6.07, 6.45) is 9.24. The average Bonchev–Trinajstić information content (AvgIpc) is 3.04. The topological polar surface area (TPSA) is 63.6 Å². The van der Waals surface area contributed by atoms with Crippen LogP contribution >= 0.6 is 0 Å². The Bertz CT molecular complexity index is 799. The number of Topliss-reactive ketones (excluding diaryl/α,β-unsaturated/α-hetero) is 1. The minimum absolute atomic E-state index is 0.0174. The third-order valence-electron chi connectivity index (χ3n) is 10.4. The minimum Gasteiger partial charge on any atom is -0.367 e. The van der Waals surface area contributed by atoms with Gasteiger partial charge in [-0.3, -0.25) is 9.59 Å². The van der Waals surface area contributed by atoms with Crippen LogP contribution in [0.4, 0.5) is 0 Å². The number of rotatable bonds is 3. The molecule has 4 nitrogen and oxygen atoms in total. The third kappa shape index (κ3) is 3.07. The van der Waals surface area contributed by atoms with Crippen molar-refractivity contribution in [3.8, 4) is 0 Å². The molecule has 1 heterocycles. The molecule has 0 bridgehead atoms. The second-order valence-electron chi connectivity index (χ2n) is 12.1. The molecule has 4 heteroatoms. The second kappa shape index (κ2) is 7.52. The van der Waals surface area contributed by atoms with Gasteiger partial charge in [-0.2, -0.15) is 0 Å². The summed E-state index contributed by atoms with van der Waals surface area (Å²) in [5.41, 5.74) is 1.05. The summed E-state index contributed by atoms with van der Waals surface area (Å²) in [6.45, 7) is 9.00. The van der Waals surface area contributed by atoms with Gasteiger partial charge in [-0.15, -0.1) is 0 Å². The van der Waals surface area contributed by atoms with Gasteiger partial charge in [0.2, 0.25) is 0 Å². The van der Waals surface area contributed by atoms with Crippen molar-refractivity contribution in [2.75, 3.05) is 0 Å². The highest BCUT2D eigenvalue weighted by atomic mass is 16.6. The molecule has 31 heavy (non-hydrogen) atoms. The van der Waals surface area contributed by atoms with Crippen molar-refractivity contribution in [3.63, 3.8) is 0 Å². The number of carbonyl (C=O) groups excluding carboxylic acids is 2. The van der Waals surface area contributed by atoms with Crippen molar-refractivity contribution in [2.24, 2.45) is 46.3 Å². The zero-order chi connectivity index (χ0) is 22.1. The summed E-state index contributed by atoms with van der Waals surface area (Å²) in [4.78, 5) is 25.5. The van der Waals surface area contributed by atoms with E-state index in [0.29, 0.717) is 36.4 Å². The molecule has 1 N–H and O–H groups in total. The van der Waals surface area contributed by atoms with Crippen LogP contribution in [0.1, 0.15) is 85.5 Å². The van der Waals surface area contributed by atoms with Crippen molar-refractivity contribution >= 4 is 11.6 Å². The molecule has 4 fully saturated rings. The van der Waals surface area contributed by atoms with Crippen LogP contribution in [0.5, 0.6) is 0 Å². The van der Waals surface area contributed by atoms with Crippen molar-refractivity contribution in [3.05, 3.63) is 11.6 Å². The van der Waals surface area contributed by atoms with E-state index in [1.807, 2.05) is 6.08 Å². The first-order chi connectivity index (χ1) is 14.7. The predicted molar refractivity (Wildman–Crippen MR) is 119 cm³/mol. The average molecular weight is 429 g/mol. The van der Waals surface area contributed by atoms with Gasteiger partial charge in [-0.1, -0.05) is 33.3 Å². The molecule has 172 valence electrons. The highest BCUT2D eigenvalue weighted by Gasteiger charge is 2.69. The van der Waals surface area contributed by atoms with Gasteiger partial charge in [0.25, 0.3) is 0 Å². The Labute approximate surface area is 187 Å². The quantitative estimate of drug-likeness (QED) is 0.681. The maximum atomic E-state index is 13.5. The van der Waals surface area contributed by atoms with Gasteiger partial charge in [-0.25, -0.2) is 0 Å². The molecule has 9 atom stereocenters. The summed E-state index contributed by atoms with van der Waals surface area (Å²) in [5.74, 6) is 2.57. The summed E-state index contributed by atoms with van der Waals surface area (Å²) in [5, 5.41) is 11.4. The first kappa shape index (κ1) is 21.8. The second-order valence-corrected chi connectivity index (χ2v) is 12.1. The molecule has 0 aromatic carbocycles. The van der Waals surface area contributed by atoms with Gasteiger partial charge in [0.1, 0.15) is 5.78 Å². The number of ketones is 2. The van der Waals surface area contributed by atoms with E-state index in [9.17, 15) is 14.7 Å². The van der Waals surface area contributed by atoms with Crippen LogP contribution < -0.4 is 0 Å². The van der Waals surface area contributed by atoms with Crippen LogP contribution in [-0.2, 0) is 14.3 Å². The van der Waals surface area contributed by atoms with E-state index in [4.69, 9.17) is 4.74 Å². The van der Waals surface area contributed by atoms with E-state index in [1.54, 1.807) is 0 Å². The molecule has 0 aromatic heterocycles. The normalized spacial score (nSPS) is 49.2. The molecule has 5 rings (SSSR count). The Morgan fingerprint density at radius 2 is 1.94 bits per heavy atom. The minimum atomic E-state index is -0.819. The van der Waals surface area contributed by atoms with Crippen LogP contribution in [0.2, 0.25) is 0 Å². The Morgan fingerprint density at radius 1 is 1.16 bits per heavy atom. The number of hydrogen-bond donors (Lipinski definition) is 1. The molecule has 4 aliphatic carbocycles. The van der Waals surface area contributed by atoms with Gasteiger partial charge in [-0.05, 0) is 86.0 Å². The fraction of sp³-hybridized carbons (Fsp3) is 0.852. The molecule has 1 saturated heterocycles. The number of aliphatic hydroxyl groups excluding tert-OH is 1. The lowest BCUT2D eigenvalue weighted by Gasteiger charge is -2.61. The van der Waals surface area contributed by atoms with Crippen molar-refractivity contribution < 1.29 is 19.4 Å². The van der Waals surface area contributed by atoms with E-state index in [1.165, 1.54) is 5.57 Å². The van der Waals surface area contributed by atoms with Crippen LogP contribution in [0, 0.1) is 46.3 Å². The fourth-order valence-electron chi connectivity index (χ4n) is 8.83. The Hall–Kier alpha value is -1.00. The van der Waals surface area contributed by atoms with Crippen LogP contribution in [0.15, 0.2) is 11.6 Å². The van der Waals surface area contributed by atoms with Crippen molar-refractivity contribution in [1.82, 2.24) is 0 Å². The summed E-state index contributed by atoms with van der Waals surface area (Å²) >= 11 is 0. The molecule has 0 aromatic rings. The summed E-state index contributed by atoms with van der Waals surface area (Å²) in [7, 11) is 0. The molecule has 5 aliphatic rings. The van der Waals surface area contributed by atoms with Crippen molar-refractivity contribution in [1.29, 1.82) is 0 Å². The highest BCUT2D eigenvalue weighted by Crippen LogP contribution is 2.69. The van der Waals surface area contributed by atoms with Gasteiger partial charge < -0.3 is 9.84 Å². The molecule has 8 unspecified atom stereocenters. The van der Waals surface area contributed by atoms with Crippen LogP contribution in [-0.4, -0.2) is 29.1 Å². The number of fused-ring (bicyclic) bond motifs is 4. The predicted octanol–water partition coefficient (Wildman–Crippen LogP) is 5.08. The first-order valence-electron chi connectivity index (χ1n) is 12.8. The third-order valence-corrected chi connectivity index (χ3v) is 10.4. The standard InChI is InChI=1S/C27H40O4/c1-15(2)5-8-23-16(3)24-22(29)14-21-19-7-6-17-13-18(28)9-11-26(17,4)20(19)10-12-27(21,24)25(30)31-23/h13,15-16,19-21,23-25,30H,5-12,14H2,1-4H3/t16?,19?,20?,21?,23?,24?,25?,26-,27?/m0/s1. The SMILES string of the molecule is CC(C)CCC1OC(O)C23CCC4C(CCC5=CC(=O)CC[C@@]54C)C2CC(=O)C3C1C. The zero-order valence-electron chi connectivity index (χ0n) is 19.7. The molecular weight excluding hydrogens is 388 g/mol. The molecule has 3 saturated carbocycles. The van der Waals surface area contributed by atoms with Gasteiger partial charge in [0, 0.05) is 24.2 Å². The molecule has 0 radical (unpaired) electrons. The van der Waals surface area contributed by atoms with Crippen molar-refractivity contribution in [2.45, 2.75) is 97.9 Å². The number of allylic oxidation sites excluding steroid dienone is 1. The van der Waals surface area contributed by atoms with E-state index in [0.717, 1.165) is 44.9 Å². The maximum absolute atomic E-state index is 13.5. The van der Waals surface area contributed by atoms with Gasteiger partial charge in [0.05, 0.1) is 6.10 Å². The van der Waals surface area contributed by atoms with E-state index in [-0.39, 0.29) is 35.1 Å². The molecule has 0 amide bonds. The summed E-state index contributed by atoms with van der Waals surface area (Å²) < 4.78 is 6.34. The Morgan fingerprint density at radius 3 is 2.68 bits per heavy atom. The van der Waals surface area contributed by atoms with E-state index >= 15 is 0 Å². The first-order valence-corrected chi connectivity index (χ1v) is 12.8. The number of ether oxygens (including phenoxy) is 1. The van der Waals surface area contributed by atoms with Gasteiger partial charge >= 0.3 is 0 Å². The van der Waals surface area contributed by atoms with Crippen LogP contribution in [0.25, 0.3) is 0 Å². The van der Waals surface area contributed by atoms with E-state index < -0.39 is 11.7 Å². The molecular formula is C27H40O4. The van der Waals surface area contributed by atoms with Gasteiger partial charge in [0.15, 0.2) is 12.1 Å².